The Morgan fingerprint density at radius 2 is 1.96 bits per heavy atom. The van der Waals surface area contributed by atoms with E-state index in [2.05, 4.69) is 5.32 Å². The predicted octanol–water partition coefficient (Wildman–Crippen LogP) is 4.63. The fraction of sp³-hybridized carbons (Fsp3) is 0.182. The number of carbonyl (C=O) groups is 2. The van der Waals surface area contributed by atoms with E-state index in [0.717, 1.165) is 16.0 Å². The van der Waals surface area contributed by atoms with Crippen molar-refractivity contribution in [1.82, 2.24) is 10.2 Å². The van der Waals surface area contributed by atoms with Gasteiger partial charge in [-0.05, 0) is 40.8 Å². The summed E-state index contributed by atoms with van der Waals surface area (Å²) in [5, 5.41) is 5.64. The normalized spacial score (nSPS) is 18.6. The third kappa shape index (κ3) is 3.43. The van der Waals surface area contributed by atoms with E-state index in [-0.39, 0.29) is 17.9 Å². The molecule has 2 atom stereocenters. The third-order valence-corrected chi connectivity index (χ3v) is 6.23. The van der Waals surface area contributed by atoms with Gasteiger partial charge in [-0.2, -0.15) is 0 Å². The van der Waals surface area contributed by atoms with Crippen molar-refractivity contribution in [1.29, 1.82) is 0 Å². The van der Waals surface area contributed by atoms with Crippen molar-refractivity contribution in [2.75, 3.05) is 7.05 Å². The lowest BCUT2D eigenvalue weighted by Gasteiger charge is -2.39. The Morgan fingerprint density at radius 1 is 1.14 bits per heavy atom. The Bertz CT molecular complexity index is 1020. The molecule has 6 heteroatoms. The molecule has 28 heavy (non-hydrogen) atoms. The van der Waals surface area contributed by atoms with Crippen LogP contribution in [0.25, 0.3) is 0 Å². The van der Waals surface area contributed by atoms with Crippen molar-refractivity contribution in [3.63, 3.8) is 0 Å². The molecule has 0 saturated heterocycles. The number of likely N-dealkylation sites (N-methyl/N-ethyl adjacent to an activating group) is 1. The first-order valence-corrected chi connectivity index (χ1v) is 10.2. The van der Waals surface area contributed by atoms with Crippen LogP contribution in [-0.2, 0) is 11.3 Å². The highest BCUT2D eigenvalue weighted by atomic mass is 35.5. The molecule has 2 amide bonds. The standard InChI is InChI=1S/C22H19ClN2O2S/c1-25-20(18-10-5-11-28-18)19(16-8-2-3-9-17(16)22(25)27)21(26)24-13-14-6-4-7-15(23)12-14/h2-12,19-20H,13H2,1H3,(H,24,26)/t19-,20+/m0/s1. The summed E-state index contributed by atoms with van der Waals surface area (Å²) in [6.45, 7) is 0.382. The van der Waals surface area contributed by atoms with Crippen LogP contribution in [0.5, 0.6) is 0 Å². The smallest absolute Gasteiger partial charge is 0.254 e. The van der Waals surface area contributed by atoms with Gasteiger partial charge in [0.15, 0.2) is 0 Å². The van der Waals surface area contributed by atoms with E-state index >= 15 is 0 Å². The molecule has 1 aliphatic heterocycles. The number of nitrogens with zero attached hydrogens (tertiary/aromatic N) is 1. The van der Waals surface area contributed by atoms with Crippen molar-refractivity contribution in [3.05, 3.63) is 92.6 Å². The van der Waals surface area contributed by atoms with Crippen molar-refractivity contribution >= 4 is 34.8 Å². The van der Waals surface area contributed by atoms with E-state index in [1.807, 2.05) is 53.9 Å². The minimum absolute atomic E-state index is 0.0621. The van der Waals surface area contributed by atoms with Gasteiger partial charge in [0.25, 0.3) is 5.91 Å². The van der Waals surface area contributed by atoms with Crippen LogP contribution in [0.4, 0.5) is 0 Å². The van der Waals surface area contributed by atoms with Gasteiger partial charge in [-0.3, -0.25) is 9.59 Å². The van der Waals surface area contributed by atoms with Crippen molar-refractivity contribution in [2.45, 2.75) is 18.5 Å². The minimum Gasteiger partial charge on any atom is -0.351 e. The summed E-state index contributed by atoms with van der Waals surface area (Å²) in [5.41, 5.74) is 2.29. The van der Waals surface area contributed by atoms with Gasteiger partial charge in [-0.15, -0.1) is 11.3 Å². The molecule has 3 aromatic rings. The van der Waals surface area contributed by atoms with E-state index in [9.17, 15) is 9.59 Å². The highest BCUT2D eigenvalue weighted by molar-refractivity contribution is 7.10. The zero-order chi connectivity index (χ0) is 19.7. The van der Waals surface area contributed by atoms with Gasteiger partial charge in [0.1, 0.15) is 0 Å². The topological polar surface area (TPSA) is 49.4 Å². The Balaban J connectivity index is 1.69. The Hall–Kier alpha value is -2.63. The number of rotatable bonds is 4. The SMILES string of the molecule is CN1C(=O)c2ccccc2[C@H](C(=O)NCc2cccc(Cl)c2)[C@H]1c1cccs1. The predicted molar refractivity (Wildman–Crippen MR) is 112 cm³/mol. The lowest BCUT2D eigenvalue weighted by Crippen LogP contribution is -2.45. The largest absolute Gasteiger partial charge is 0.351 e. The van der Waals surface area contributed by atoms with Gasteiger partial charge in [-0.1, -0.05) is 48.0 Å². The molecule has 0 spiro atoms. The quantitative estimate of drug-likeness (QED) is 0.681. The molecular weight excluding hydrogens is 392 g/mol. The van der Waals surface area contributed by atoms with E-state index in [4.69, 9.17) is 11.6 Å². The summed E-state index contributed by atoms with van der Waals surface area (Å²) in [5.74, 6) is -0.644. The zero-order valence-electron chi connectivity index (χ0n) is 15.3. The van der Waals surface area contributed by atoms with Gasteiger partial charge < -0.3 is 10.2 Å². The van der Waals surface area contributed by atoms with Crippen LogP contribution in [0.3, 0.4) is 0 Å². The first-order valence-electron chi connectivity index (χ1n) is 8.98. The van der Waals surface area contributed by atoms with Crippen molar-refractivity contribution < 1.29 is 9.59 Å². The number of hydrogen-bond acceptors (Lipinski definition) is 3. The van der Waals surface area contributed by atoms with E-state index in [0.29, 0.717) is 17.1 Å². The fourth-order valence-electron chi connectivity index (χ4n) is 3.72. The monoisotopic (exact) mass is 410 g/mol. The molecule has 0 bridgehead atoms. The summed E-state index contributed by atoms with van der Waals surface area (Å²) >= 11 is 7.60. The van der Waals surface area contributed by atoms with Gasteiger partial charge >= 0.3 is 0 Å². The van der Waals surface area contributed by atoms with E-state index in [1.165, 1.54) is 0 Å². The van der Waals surface area contributed by atoms with Gasteiger partial charge in [-0.25, -0.2) is 0 Å². The van der Waals surface area contributed by atoms with Crippen molar-refractivity contribution in [3.8, 4) is 0 Å². The highest BCUT2D eigenvalue weighted by Gasteiger charge is 2.42. The summed E-state index contributed by atoms with van der Waals surface area (Å²) in [6, 6.07) is 18.4. The van der Waals surface area contributed by atoms with Crippen LogP contribution in [0.2, 0.25) is 5.02 Å². The molecule has 1 aromatic heterocycles. The van der Waals surface area contributed by atoms with Crippen LogP contribution in [-0.4, -0.2) is 23.8 Å². The number of carbonyl (C=O) groups excluding carboxylic acids is 2. The molecule has 0 radical (unpaired) electrons. The van der Waals surface area contributed by atoms with Gasteiger partial charge in [0.05, 0.1) is 12.0 Å². The lowest BCUT2D eigenvalue weighted by molar-refractivity contribution is -0.124. The number of benzene rings is 2. The minimum atomic E-state index is -0.475. The van der Waals surface area contributed by atoms with E-state index < -0.39 is 5.92 Å². The zero-order valence-corrected chi connectivity index (χ0v) is 16.8. The number of nitrogens with one attached hydrogen (secondary N) is 1. The number of thiophene rings is 1. The molecule has 142 valence electrons. The maximum atomic E-state index is 13.3. The molecular formula is C22H19ClN2O2S. The molecule has 1 aliphatic rings. The molecule has 0 aliphatic carbocycles. The fourth-order valence-corrected chi connectivity index (χ4v) is 4.84. The number of hydrogen-bond donors (Lipinski definition) is 1. The molecule has 4 nitrogen and oxygen atoms in total. The molecule has 0 saturated carbocycles. The molecule has 0 unspecified atom stereocenters. The second kappa shape index (κ2) is 7.78. The maximum Gasteiger partial charge on any atom is 0.254 e. The summed E-state index contributed by atoms with van der Waals surface area (Å²) in [6.07, 6.45) is 0. The molecule has 0 fully saturated rings. The second-order valence-corrected chi connectivity index (χ2v) is 8.20. The van der Waals surface area contributed by atoms with Gasteiger partial charge in [0.2, 0.25) is 5.91 Å². The second-order valence-electron chi connectivity index (χ2n) is 6.79. The number of amides is 2. The van der Waals surface area contributed by atoms with E-state index in [1.54, 1.807) is 35.4 Å². The first kappa shape index (κ1) is 18.7. The van der Waals surface area contributed by atoms with Crippen molar-refractivity contribution in [2.24, 2.45) is 0 Å². The summed E-state index contributed by atoms with van der Waals surface area (Å²) in [4.78, 5) is 28.9. The summed E-state index contributed by atoms with van der Waals surface area (Å²) in [7, 11) is 1.76. The Morgan fingerprint density at radius 3 is 2.71 bits per heavy atom. The Labute approximate surface area is 172 Å². The third-order valence-electron chi connectivity index (χ3n) is 5.05. The first-order chi connectivity index (χ1) is 13.6. The Kier molecular flexibility index (Phi) is 5.20. The number of halogens is 1. The molecule has 1 N–H and O–H groups in total. The molecule has 2 heterocycles. The molecule has 4 rings (SSSR count). The average molecular weight is 411 g/mol. The van der Waals surface area contributed by atoms with Crippen LogP contribution < -0.4 is 5.32 Å². The van der Waals surface area contributed by atoms with Crippen LogP contribution >= 0.6 is 22.9 Å². The van der Waals surface area contributed by atoms with Crippen LogP contribution in [0.15, 0.2) is 66.0 Å². The van der Waals surface area contributed by atoms with Crippen LogP contribution in [0.1, 0.15) is 38.3 Å². The highest BCUT2D eigenvalue weighted by Crippen LogP contribution is 2.43. The average Bonchev–Trinajstić information content (AvgIpc) is 3.23. The lowest BCUT2D eigenvalue weighted by atomic mass is 9.81. The van der Waals surface area contributed by atoms with Crippen LogP contribution in [0, 0.1) is 0 Å². The summed E-state index contributed by atoms with van der Waals surface area (Å²) < 4.78 is 0. The maximum absolute atomic E-state index is 13.3. The van der Waals surface area contributed by atoms with Gasteiger partial charge in [0, 0.05) is 29.1 Å². The number of fused-ring (bicyclic) bond motifs is 1. The molecule has 2 aromatic carbocycles.